The van der Waals surface area contributed by atoms with Crippen molar-refractivity contribution in [3.8, 4) is 44.6 Å². The number of hydrogen-bond donors (Lipinski definition) is 0. The maximum Gasteiger partial charge on any atom is 0.180 e. The van der Waals surface area contributed by atoms with Crippen LogP contribution in [0.25, 0.3) is 86.9 Å². The Balaban J connectivity index is 1.26. The van der Waals surface area contributed by atoms with E-state index in [0.29, 0.717) is 5.58 Å². The quantitative estimate of drug-likeness (QED) is 0.208. The first-order valence-corrected chi connectivity index (χ1v) is 15.5. The fourth-order valence-electron chi connectivity index (χ4n) is 6.32. The maximum atomic E-state index is 6.75. The van der Waals surface area contributed by atoms with Crippen LogP contribution in [0.4, 0.5) is 0 Å². The van der Waals surface area contributed by atoms with Gasteiger partial charge in [0.1, 0.15) is 23.1 Å². The lowest BCUT2D eigenvalue weighted by Gasteiger charge is -2.07. The Morgan fingerprint density at radius 3 is 2.02 bits per heavy atom. The molecule has 44 heavy (non-hydrogen) atoms. The summed E-state index contributed by atoms with van der Waals surface area (Å²) in [6.07, 6.45) is 1.66. The average Bonchev–Trinajstić information content (AvgIpc) is 3.67. The molecule has 3 heterocycles. The number of thiophene rings is 1. The van der Waals surface area contributed by atoms with Gasteiger partial charge in [0.25, 0.3) is 0 Å². The number of rotatable bonds is 4. The van der Waals surface area contributed by atoms with Gasteiger partial charge < -0.3 is 4.42 Å². The Morgan fingerprint density at radius 1 is 0.455 bits per heavy atom. The van der Waals surface area contributed by atoms with Crippen LogP contribution in [-0.4, -0.2) is 9.97 Å². The number of benzene rings is 6. The van der Waals surface area contributed by atoms with Crippen molar-refractivity contribution in [2.75, 3.05) is 0 Å². The van der Waals surface area contributed by atoms with Crippen LogP contribution in [-0.2, 0) is 0 Å². The molecule has 0 saturated heterocycles. The minimum atomic E-state index is 0.696. The highest BCUT2D eigenvalue weighted by Crippen LogP contribution is 2.43. The third-order valence-corrected chi connectivity index (χ3v) is 9.62. The van der Waals surface area contributed by atoms with Crippen LogP contribution in [0.5, 0.6) is 0 Å². The first kappa shape index (κ1) is 25.0. The fraction of sp³-hybridized carbons (Fsp3) is 0. The van der Waals surface area contributed by atoms with Gasteiger partial charge in [-0.1, -0.05) is 115 Å². The molecule has 0 N–H and O–H groups in total. The van der Waals surface area contributed by atoms with Gasteiger partial charge >= 0.3 is 0 Å². The Bertz CT molecular complexity index is 2490. The molecule has 206 valence electrons. The molecule has 0 fully saturated rings. The van der Waals surface area contributed by atoms with Crippen molar-refractivity contribution >= 4 is 53.6 Å². The number of hydrogen-bond acceptors (Lipinski definition) is 4. The van der Waals surface area contributed by atoms with E-state index in [9.17, 15) is 0 Å². The minimum absolute atomic E-state index is 0.696. The summed E-state index contributed by atoms with van der Waals surface area (Å²) in [5.41, 5.74) is 10.9. The van der Waals surface area contributed by atoms with Crippen LogP contribution >= 0.6 is 11.3 Å². The topological polar surface area (TPSA) is 38.9 Å². The van der Waals surface area contributed by atoms with Crippen molar-refractivity contribution in [3.63, 3.8) is 0 Å². The molecule has 0 saturated carbocycles. The van der Waals surface area contributed by atoms with E-state index in [1.54, 1.807) is 6.33 Å². The highest BCUT2D eigenvalue weighted by molar-refractivity contribution is 7.26. The molecule has 0 aliphatic carbocycles. The summed E-state index contributed by atoms with van der Waals surface area (Å²) in [5, 5.41) is 3.57. The summed E-state index contributed by atoms with van der Waals surface area (Å²) >= 11 is 1.85. The molecule has 0 radical (unpaired) electrons. The van der Waals surface area contributed by atoms with Crippen LogP contribution < -0.4 is 0 Å². The first-order chi connectivity index (χ1) is 21.8. The van der Waals surface area contributed by atoms with Gasteiger partial charge in [-0.3, -0.25) is 0 Å². The van der Waals surface area contributed by atoms with Crippen molar-refractivity contribution in [1.29, 1.82) is 0 Å². The van der Waals surface area contributed by atoms with E-state index in [0.717, 1.165) is 55.6 Å². The Kier molecular flexibility index (Phi) is 5.68. The average molecular weight is 581 g/mol. The lowest BCUT2D eigenvalue weighted by Crippen LogP contribution is -1.88. The van der Waals surface area contributed by atoms with Gasteiger partial charge in [0, 0.05) is 36.7 Å². The van der Waals surface area contributed by atoms with Gasteiger partial charge in [0.05, 0.1) is 0 Å². The van der Waals surface area contributed by atoms with Crippen molar-refractivity contribution in [1.82, 2.24) is 9.97 Å². The summed E-state index contributed by atoms with van der Waals surface area (Å²) in [7, 11) is 0. The SMILES string of the molecule is c1ccc(-c2cc(-c3ccccc3)c3oc4c(-c5cccc(-c6cccc7c6sc6ccccc67)c5)ncnc4c3c2)cc1. The van der Waals surface area contributed by atoms with Gasteiger partial charge in [-0.15, -0.1) is 11.3 Å². The predicted octanol–water partition coefficient (Wildman–Crippen LogP) is 11.4. The molecule has 0 spiro atoms. The van der Waals surface area contributed by atoms with Crippen molar-refractivity contribution in [3.05, 3.63) is 146 Å². The summed E-state index contributed by atoms with van der Waals surface area (Å²) in [6.45, 7) is 0. The standard InChI is InChI=1S/C40H24N2OS/c1-3-11-25(12-4-1)29-22-33(26-13-5-2-6-14-26)38-34(23-29)37-39(43-38)36(41-24-42-37)28-16-9-15-27(21-28)30-18-10-19-32-31-17-7-8-20-35(31)44-40(30)32/h1-24H. The molecule has 0 amide bonds. The van der Waals surface area contributed by atoms with E-state index in [4.69, 9.17) is 14.4 Å². The summed E-state index contributed by atoms with van der Waals surface area (Å²) in [5.74, 6) is 0. The maximum absolute atomic E-state index is 6.75. The zero-order valence-corrected chi connectivity index (χ0v) is 24.4. The molecule has 0 atom stereocenters. The molecular weight excluding hydrogens is 557 g/mol. The molecule has 4 heteroatoms. The summed E-state index contributed by atoms with van der Waals surface area (Å²) < 4.78 is 9.34. The number of aromatic nitrogens is 2. The van der Waals surface area contributed by atoms with Gasteiger partial charge in [-0.2, -0.15) is 0 Å². The van der Waals surface area contributed by atoms with Crippen LogP contribution in [0.2, 0.25) is 0 Å². The van der Waals surface area contributed by atoms with E-state index in [1.165, 1.54) is 25.7 Å². The second kappa shape index (κ2) is 10.0. The zero-order chi connectivity index (χ0) is 29.0. The molecule has 0 aliphatic heterocycles. The van der Waals surface area contributed by atoms with E-state index >= 15 is 0 Å². The third kappa shape index (κ3) is 3.96. The molecule has 0 bridgehead atoms. The second-order valence-electron chi connectivity index (χ2n) is 11.0. The number of nitrogens with zero attached hydrogens (tertiary/aromatic N) is 2. The normalized spacial score (nSPS) is 11.6. The lowest BCUT2D eigenvalue weighted by atomic mass is 9.96. The van der Waals surface area contributed by atoms with Gasteiger partial charge in [-0.05, 0) is 52.1 Å². The van der Waals surface area contributed by atoms with E-state index < -0.39 is 0 Å². The van der Waals surface area contributed by atoms with Crippen molar-refractivity contribution in [2.24, 2.45) is 0 Å². The van der Waals surface area contributed by atoms with Crippen molar-refractivity contribution in [2.45, 2.75) is 0 Å². The summed E-state index contributed by atoms with van der Waals surface area (Å²) in [6, 6.07) is 49.1. The third-order valence-electron chi connectivity index (χ3n) is 8.40. The number of furan rings is 1. The summed E-state index contributed by atoms with van der Waals surface area (Å²) in [4.78, 5) is 9.55. The molecular formula is C40H24N2OS. The minimum Gasteiger partial charge on any atom is -0.451 e. The lowest BCUT2D eigenvalue weighted by molar-refractivity contribution is 0.668. The molecule has 6 aromatic carbocycles. The van der Waals surface area contributed by atoms with Crippen LogP contribution in [0, 0.1) is 0 Å². The molecule has 0 unspecified atom stereocenters. The van der Waals surface area contributed by atoms with Crippen LogP contribution in [0.15, 0.2) is 150 Å². The molecule has 3 aromatic heterocycles. The Morgan fingerprint density at radius 2 is 1.16 bits per heavy atom. The Hall–Kier alpha value is -5.58. The van der Waals surface area contributed by atoms with Gasteiger partial charge in [-0.25, -0.2) is 9.97 Å². The fourth-order valence-corrected chi connectivity index (χ4v) is 7.56. The molecule has 0 aliphatic rings. The van der Waals surface area contributed by atoms with E-state index in [-0.39, 0.29) is 0 Å². The van der Waals surface area contributed by atoms with Crippen LogP contribution in [0.3, 0.4) is 0 Å². The largest absolute Gasteiger partial charge is 0.451 e. The van der Waals surface area contributed by atoms with Crippen LogP contribution in [0.1, 0.15) is 0 Å². The monoisotopic (exact) mass is 580 g/mol. The number of fused-ring (bicyclic) bond motifs is 6. The zero-order valence-electron chi connectivity index (χ0n) is 23.6. The van der Waals surface area contributed by atoms with E-state index in [2.05, 4.69) is 127 Å². The highest BCUT2D eigenvalue weighted by atomic mass is 32.1. The van der Waals surface area contributed by atoms with E-state index in [1.807, 2.05) is 23.5 Å². The molecule has 9 rings (SSSR count). The Labute approximate surface area is 257 Å². The first-order valence-electron chi connectivity index (χ1n) is 14.6. The smallest absolute Gasteiger partial charge is 0.180 e. The highest BCUT2D eigenvalue weighted by Gasteiger charge is 2.20. The van der Waals surface area contributed by atoms with Gasteiger partial charge in [0.15, 0.2) is 5.58 Å². The predicted molar refractivity (Wildman–Crippen MR) is 184 cm³/mol. The molecule has 9 aromatic rings. The molecule has 3 nitrogen and oxygen atoms in total. The van der Waals surface area contributed by atoms with Gasteiger partial charge in [0.2, 0.25) is 0 Å². The second-order valence-corrected chi connectivity index (χ2v) is 12.0. The van der Waals surface area contributed by atoms with Crippen molar-refractivity contribution < 1.29 is 4.42 Å².